The molecule has 2 saturated heterocycles. The minimum Gasteiger partial charge on any atom is -0.228 e. The first-order valence-electron chi connectivity index (χ1n) is 4.54. The predicted octanol–water partition coefficient (Wildman–Crippen LogP) is 2.25. The molecule has 2 aliphatic rings. The fraction of sp³-hybridized carbons (Fsp3) is 1.00. The van der Waals surface area contributed by atoms with Crippen LogP contribution in [0.2, 0.25) is 0 Å². The van der Waals surface area contributed by atoms with Crippen LogP contribution in [0.15, 0.2) is 0 Å². The van der Waals surface area contributed by atoms with Gasteiger partial charge in [0.1, 0.15) is 0 Å². The first kappa shape index (κ1) is 10.4. The molecule has 2 rings (SSSR count). The van der Waals surface area contributed by atoms with Gasteiger partial charge in [0.15, 0.2) is 9.84 Å². The zero-order valence-corrected chi connectivity index (χ0v) is 11.1. The van der Waals surface area contributed by atoms with Gasteiger partial charge in [-0.05, 0) is 25.7 Å². The van der Waals surface area contributed by atoms with Crippen molar-refractivity contribution in [3.05, 3.63) is 0 Å². The Balaban J connectivity index is 2.36. The molecule has 5 heteroatoms. The monoisotopic (exact) mass is 330 g/mol. The summed E-state index contributed by atoms with van der Waals surface area (Å²) in [4.78, 5) is 0.377. The Morgan fingerprint density at radius 2 is 1.23 bits per heavy atom. The lowest BCUT2D eigenvalue weighted by Gasteiger charge is -2.40. The van der Waals surface area contributed by atoms with Crippen molar-refractivity contribution in [2.45, 2.75) is 45.8 Å². The van der Waals surface area contributed by atoms with Crippen molar-refractivity contribution in [3.8, 4) is 0 Å². The Hall–Kier alpha value is 0.910. The maximum atomic E-state index is 12.0. The number of fused-ring (bicyclic) bond motifs is 2. The molecule has 0 aromatic rings. The summed E-state index contributed by atoms with van der Waals surface area (Å²) in [6, 6.07) is 0. The molecule has 0 unspecified atom stereocenters. The van der Waals surface area contributed by atoms with E-state index in [9.17, 15) is 8.42 Å². The fourth-order valence-corrected chi connectivity index (χ4v) is 7.68. The molecule has 2 aliphatic heterocycles. The molecule has 76 valence electrons. The Kier molecular flexibility index (Phi) is 2.80. The number of alkyl halides is 2. The fourth-order valence-electron chi connectivity index (χ4n) is 2.35. The summed E-state index contributed by atoms with van der Waals surface area (Å²) in [6.07, 6.45) is 3.61. The smallest absolute Gasteiger partial charge is 0.158 e. The van der Waals surface area contributed by atoms with Gasteiger partial charge in [-0.25, -0.2) is 8.42 Å². The second kappa shape index (κ2) is 3.49. The second-order valence-electron chi connectivity index (χ2n) is 3.85. The largest absolute Gasteiger partial charge is 0.228 e. The number of hydrogen-bond donors (Lipinski definition) is 0. The lowest BCUT2D eigenvalue weighted by Crippen LogP contribution is -2.50. The van der Waals surface area contributed by atoms with Crippen molar-refractivity contribution in [1.29, 1.82) is 0 Å². The van der Waals surface area contributed by atoms with Crippen LogP contribution in [0.25, 0.3) is 0 Å². The summed E-state index contributed by atoms with van der Waals surface area (Å²) in [7, 11) is -2.86. The molecule has 2 heterocycles. The van der Waals surface area contributed by atoms with E-state index in [0.29, 0.717) is 0 Å². The highest BCUT2D eigenvalue weighted by atomic mass is 79.9. The first-order valence-corrected chi connectivity index (χ1v) is 7.98. The van der Waals surface area contributed by atoms with Gasteiger partial charge < -0.3 is 0 Å². The third-order valence-electron chi connectivity index (χ3n) is 3.10. The minimum absolute atomic E-state index is 0.125. The van der Waals surface area contributed by atoms with Crippen LogP contribution >= 0.6 is 31.9 Å². The number of hydrogen-bond acceptors (Lipinski definition) is 2. The summed E-state index contributed by atoms with van der Waals surface area (Å²) < 4.78 is 23.9. The third kappa shape index (κ3) is 1.61. The Bertz CT molecular complexity index is 277. The molecule has 0 aromatic carbocycles. The summed E-state index contributed by atoms with van der Waals surface area (Å²) in [6.45, 7) is 0. The highest BCUT2D eigenvalue weighted by Crippen LogP contribution is 2.42. The molecule has 2 fully saturated rings. The lowest BCUT2D eigenvalue weighted by molar-refractivity contribution is 0.451. The zero-order chi connectivity index (χ0) is 9.64. The highest BCUT2D eigenvalue weighted by molar-refractivity contribution is 9.10. The van der Waals surface area contributed by atoms with Crippen LogP contribution < -0.4 is 0 Å². The molecular weight excluding hydrogens is 320 g/mol. The van der Waals surface area contributed by atoms with Gasteiger partial charge >= 0.3 is 0 Å². The van der Waals surface area contributed by atoms with Crippen LogP contribution in [0.3, 0.4) is 0 Å². The Morgan fingerprint density at radius 3 is 1.62 bits per heavy atom. The molecule has 0 aromatic heterocycles. The van der Waals surface area contributed by atoms with Crippen LogP contribution in [-0.2, 0) is 9.84 Å². The van der Waals surface area contributed by atoms with Gasteiger partial charge in [-0.3, -0.25) is 0 Å². The normalized spacial score (nSPS) is 48.8. The summed E-state index contributed by atoms with van der Waals surface area (Å²) >= 11 is 6.95. The Morgan fingerprint density at radius 1 is 0.846 bits per heavy atom. The van der Waals surface area contributed by atoms with Crippen LogP contribution in [0.4, 0.5) is 0 Å². The average Bonchev–Trinajstić information content (AvgIpc) is 1.99. The van der Waals surface area contributed by atoms with E-state index >= 15 is 0 Å². The predicted molar refractivity (Wildman–Crippen MR) is 60.4 cm³/mol. The SMILES string of the molecule is O=S1(=O)[C@@H]2CC[C@@H](Br)[C@@H]1CC[C@@H]2Br. The van der Waals surface area contributed by atoms with E-state index in [4.69, 9.17) is 0 Å². The van der Waals surface area contributed by atoms with Gasteiger partial charge in [-0.1, -0.05) is 31.9 Å². The van der Waals surface area contributed by atoms with E-state index in [2.05, 4.69) is 31.9 Å². The number of sulfone groups is 1. The van der Waals surface area contributed by atoms with Crippen LogP contribution in [-0.4, -0.2) is 28.6 Å². The first-order chi connectivity index (χ1) is 6.03. The molecule has 0 amide bonds. The quantitative estimate of drug-likeness (QED) is 0.638. The van der Waals surface area contributed by atoms with E-state index in [1.165, 1.54) is 0 Å². The lowest BCUT2D eigenvalue weighted by atomic mass is 9.99. The Labute approximate surface area is 95.6 Å². The van der Waals surface area contributed by atoms with E-state index < -0.39 is 9.84 Å². The highest BCUT2D eigenvalue weighted by Gasteiger charge is 2.48. The minimum atomic E-state index is -2.86. The molecule has 0 saturated carbocycles. The van der Waals surface area contributed by atoms with E-state index in [0.717, 1.165) is 25.7 Å². The molecule has 4 atom stereocenters. The molecule has 2 nitrogen and oxygen atoms in total. The van der Waals surface area contributed by atoms with E-state index in [1.54, 1.807) is 0 Å². The standard InChI is InChI=1S/C8H12Br2O2S/c9-5-1-3-7-6(10)2-4-8(5)13(7,11)12/h5-8H,1-4H2/t5-,6+,7-,8+. The molecule has 0 radical (unpaired) electrons. The van der Waals surface area contributed by atoms with Crippen LogP contribution in [0.5, 0.6) is 0 Å². The number of rotatable bonds is 0. The third-order valence-corrected chi connectivity index (χ3v) is 8.81. The molecule has 0 N–H and O–H groups in total. The molecule has 2 bridgehead atoms. The van der Waals surface area contributed by atoms with Crippen molar-refractivity contribution in [1.82, 2.24) is 0 Å². The van der Waals surface area contributed by atoms with Gasteiger partial charge in [-0.15, -0.1) is 0 Å². The van der Waals surface area contributed by atoms with Crippen molar-refractivity contribution in [2.24, 2.45) is 0 Å². The summed E-state index contributed by atoms with van der Waals surface area (Å²) in [5.41, 5.74) is 0. The van der Waals surface area contributed by atoms with Crippen molar-refractivity contribution >= 4 is 41.7 Å². The van der Waals surface area contributed by atoms with Crippen LogP contribution in [0.1, 0.15) is 25.7 Å². The summed E-state index contributed by atoms with van der Waals surface area (Å²) in [5, 5.41) is -0.250. The van der Waals surface area contributed by atoms with E-state index in [1.807, 2.05) is 0 Å². The van der Waals surface area contributed by atoms with Gasteiger partial charge in [0.05, 0.1) is 10.5 Å². The molecule has 0 spiro atoms. The number of halogens is 2. The van der Waals surface area contributed by atoms with Gasteiger partial charge in [0.2, 0.25) is 0 Å². The molecule has 0 aliphatic carbocycles. The maximum Gasteiger partial charge on any atom is 0.158 e. The topological polar surface area (TPSA) is 34.1 Å². The van der Waals surface area contributed by atoms with Gasteiger partial charge in [0.25, 0.3) is 0 Å². The zero-order valence-electron chi connectivity index (χ0n) is 7.12. The van der Waals surface area contributed by atoms with Gasteiger partial charge in [-0.2, -0.15) is 0 Å². The molecule has 13 heavy (non-hydrogen) atoms. The van der Waals surface area contributed by atoms with E-state index in [-0.39, 0.29) is 20.2 Å². The maximum absolute atomic E-state index is 12.0. The second-order valence-corrected chi connectivity index (χ2v) is 8.59. The van der Waals surface area contributed by atoms with Crippen molar-refractivity contribution < 1.29 is 8.42 Å². The summed E-state index contributed by atoms with van der Waals surface area (Å²) in [5.74, 6) is 0. The van der Waals surface area contributed by atoms with Crippen molar-refractivity contribution in [2.75, 3.05) is 0 Å². The van der Waals surface area contributed by atoms with Crippen LogP contribution in [0, 0.1) is 0 Å². The average molecular weight is 332 g/mol. The molecular formula is C8H12Br2O2S. The van der Waals surface area contributed by atoms with Crippen molar-refractivity contribution in [3.63, 3.8) is 0 Å². The van der Waals surface area contributed by atoms with Gasteiger partial charge in [0, 0.05) is 9.65 Å².